The van der Waals surface area contributed by atoms with Crippen molar-refractivity contribution in [3.05, 3.63) is 65.7 Å². The number of amides is 3. The molecule has 3 amide bonds. The predicted octanol–water partition coefficient (Wildman–Crippen LogP) is 1.59. The van der Waals surface area contributed by atoms with Crippen molar-refractivity contribution < 1.29 is 23.9 Å². The van der Waals surface area contributed by atoms with Gasteiger partial charge in [0.1, 0.15) is 5.54 Å². The number of hydrogen-bond donors (Lipinski definition) is 1. The number of methoxy groups -OCH3 is 1. The van der Waals surface area contributed by atoms with Gasteiger partial charge in [-0.25, -0.2) is 4.90 Å². The fourth-order valence-electron chi connectivity index (χ4n) is 5.86. The molecule has 3 aliphatic rings. The first kappa shape index (κ1) is 21.3. The van der Waals surface area contributed by atoms with Crippen molar-refractivity contribution in [1.29, 1.82) is 0 Å². The minimum Gasteiger partial charge on any atom is -0.469 e. The Morgan fingerprint density at radius 2 is 1.76 bits per heavy atom. The van der Waals surface area contributed by atoms with E-state index in [0.29, 0.717) is 18.8 Å². The number of imide groups is 1. The molecule has 0 unspecified atom stereocenters. The van der Waals surface area contributed by atoms with E-state index < -0.39 is 41.2 Å². The first-order valence-corrected chi connectivity index (χ1v) is 11.0. The van der Waals surface area contributed by atoms with Crippen LogP contribution >= 0.6 is 0 Å². The second-order valence-electron chi connectivity index (χ2n) is 8.78. The van der Waals surface area contributed by atoms with E-state index in [1.807, 2.05) is 54.3 Å². The minimum absolute atomic E-state index is 0.305. The number of fused-ring (bicyclic) bond motifs is 3. The topological polar surface area (TPSA) is 96.0 Å². The summed E-state index contributed by atoms with van der Waals surface area (Å²) in [5.41, 5.74) is 0.620. The first-order chi connectivity index (χ1) is 15.9. The third kappa shape index (κ3) is 2.94. The normalized spacial score (nSPS) is 29.0. The van der Waals surface area contributed by atoms with Crippen LogP contribution in [0.5, 0.6) is 0 Å². The summed E-state index contributed by atoms with van der Waals surface area (Å²) >= 11 is 0. The Bertz CT molecular complexity index is 1150. The van der Waals surface area contributed by atoms with Crippen molar-refractivity contribution in [2.24, 2.45) is 11.8 Å². The number of carbonyl (C=O) groups is 4. The summed E-state index contributed by atoms with van der Waals surface area (Å²) in [5, 5.41) is 2.84. The molecule has 1 N–H and O–H groups in total. The second kappa shape index (κ2) is 7.81. The summed E-state index contributed by atoms with van der Waals surface area (Å²) < 4.78 is 4.93. The maximum Gasteiger partial charge on any atom is 0.307 e. The van der Waals surface area contributed by atoms with Crippen LogP contribution < -0.4 is 10.2 Å². The van der Waals surface area contributed by atoms with E-state index >= 15 is 0 Å². The maximum atomic E-state index is 13.9. The van der Waals surface area contributed by atoms with Crippen molar-refractivity contribution in [3.8, 4) is 0 Å². The monoisotopic (exact) mass is 447 g/mol. The molecule has 3 fully saturated rings. The summed E-state index contributed by atoms with van der Waals surface area (Å²) in [5.74, 6) is -3.62. The molecular weight excluding hydrogens is 422 g/mol. The lowest BCUT2D eigenvalue weighted by atomic mass is 9.76. The van der Waals surface area contributed by atoms with Crippen LogP contribution in [-0.4, -0.2) is 54.3 Å². The van der Waals surface area contributed by atoms with Gasteiger partial charge in [-0.1, -0.05) is 48.5 Å². The Morgan fingerprint density at radius 3 is 2.45 bits per heavy atom. The third-order valence-corrected chi connectivity index (χ3v) is 7.22. The molecule has 3 heterocycles. The van der Waals surface area contributed by atoms with Crippen molar-refractivity contribution >= 4 is 29.4 Å². The summed E-state index contributed by atoms with van der Waals surface area (Å²) in [7, 11) is 1.26. The van der Waals surface area contributed by atoms with E-state index in [4.69, 9.17) is 4.74 Å². The second-order valence-corrected chi connectivity index (χ2v) is 8.78. The van der Waals surface area contributed by atoms with Crippen LogP contribution in [0.15, 0.2) is 54.6 Å². The largest absolute Gasteiger partial charge is 0.469 e. The lowest BCUT2D eigenvalue weighted by Gasteiger charge is -2.45. The number of anilines is 1. The predicted molar refractivity (Wildman–Crippen MR) is 119 cm³/mol. The van der Waals surface area contributed by atoms with Gasteiger partial charge in [0.05, 0.1) is 31.1 Å². The lowest BCUT2D eigenvalue weighted by molar-refractivity contribution is -0.154. The molecule has 3 saturated heterocycles. The van der Waals surface area contributed by atoms with Gasteiger partial charge in [-0.3, -0.25) is 24.1 Å². The zero-order valence-electron chi connectivity index (χ0n) is 18.5. The number of rotatable bonds is 4. The number of carbonyl (C=O) groups excluding carboxylic acids is 4. The highest BCUT2D eigenvalue weighted by molar-refractivity contribution is 6.25. The molecule has 0 aromatic heterocycles. The molecule has 8 heteroatoms. The zero-order valence-corrected chi connectivity index (χ0v) is 18.5. The van der Waals surface area contributed by atoms with E-state index in [2.05, 4.69) is 5.32 Å². The molecule has 0 spiro atoms. The van der Waals surface area contributed by atoms with Crippen LogP contribution in [0.25, 0.3) is 0 Å². The number of para-hydroxylation sites is 1. The van der Waals surface area contributed by atoms with E-state index in [-0.39, 0.29) is 12.3 Å². The van der Waals surface area contributed by atoms with Crippen LogP contribution in [0, 0.1) is 18.8 Å². The molecule has 0 saturated carbocycles. The zero-order chi connectivity index (χ0) is 23.3. The summed E-state index contributed by atoms with van der Waals surface area (Å²) in [4.78, 5) is 57.0. The molecule has 3 aliphatic heterocycles. The number of nitrogens with one attached hydrogen (secondary N) is 1. The molecule has 0 radical (unpaired) electrons. The quantitative estimate of drug-likeness (QED) is 0.565. The Hall–Kier alpha value is -3.52. The van der Waals surface area contributed by atoms with Gasteiger partial charge < -0.3 is 10.1 Å². The number of aryl methyl sites for hydroxylation is 1. The average Bonchev–Trinajstić information content (AvgIpc) is 3.26. The van der Waals surface area contributed by atoms with Gasteiger partial charge in [0.15, 0.2) is 0 Å². The van der Waals surface area contributed by atoms with Gasteiger partial charge in [-0.15, -0.1) is 0 Å². The van der Waals surface area contributed by atoms with Crippen LogP contribution in [0.1, 0.15) is 23.6 Å². The molecule has 4 atom stereocenters. The minimum atomic E-state index is -1.50. The Labute approximate surface area is 191 Å². The first-order valence-electron chi connectivity index (χ1n) is 11.0. The van der Waals surface area contributed by atoms with E-state index in [0.717, 1.165) is 11.1 Å². The number of hydrogen-bond acceptors (Lipinski definition) is 6. The molecule has 0 bridgehead atoms. The van der Waals surface area contributed by atoms with Crippen LogP contribution in [0.3, 0.4) is 0 Å². The maximum absolute atomic E-state index is 13.9. The van der Waals surface area contributed by atoms with Gasteiger partial charge in [0.2, 0.25) is 17.7 Å². The highest BCUT2D eigenvalue weighted by Gasteiger charge is 2.73. The van der Waals surface area contributed by atoms with Crippen molar-refractivity contribution in [2.45, 2.75) is 24.9 Å². The fraction of sp³-hybridized carbons (Fsp3) is 0.360. The van der Waals surface area contributed by atoms with Crippen LogP contribution in [-0.2, 0) is 23.9 Å². The van der Waals surface area contributed by atoms with E-state index in [1.54, 1.807) is 12.1 Å². The number of nitrogens with zero attached hydrogens (tertiary/aromatic N) is 2. The highest BCUT2D eigenvalue weighted by atomic mass is 16.5. The van der Waals surface area contributed by atoms with Crippen LogP contribution in [0.4, 0.5) is 5.69 Å². The summed E-state index contributed by atoms with van der Waals surface area (Å²) in [6.07, 6.45) is -0.305. The molecule has 2 aromatic carbocycles. The molecule has 8 nitrogen and oxygen atoms in total. The number of benzene rings is 2. The van der Waals surface area contributed by atoms with Crippen molar-refractivity contribution in [3.63, 3.8) is 0 Å². The number of ether oxygens (including phenoxy) is 1. The smallest absolute Gasteiger partial charge is 0.307 e. The number of piperazine rings is 1. The van der Waals surface area contributed by atoms with Gasteiger partial charge in [0, 0.05) is 19.1 Å². The molecule has 2 aromatic rings. The summed E-state index contributed by atoms with van der Waals surface area (Å²) in [6, 6.07) is 16.1. The average molecular weight is 447 g/mol. The van der Waals surface area contributed by atoms with Crippen molar-refractivity contribution in [2.75, 3.05) is 25.1 Å². The van der Waals surface area contributed by atoms with Gasteiger partial charge >= 0.3 is 5.97 Å². The molecule has 5 rings (SSSR count). The third-order valence-electron chi connectivity index (χ3n) is 7.22. The molecule has 0 aliphatic carbocycles. The van der Waals surface area contributed by atoms with Crippen LogP contribution in [0.2, 0.25) is 0 Å². The van der Waals surface area contributed by atoms with Gasteiger partial charge in [0.25, 0.3) is 0 Å². The SMILES string of the molecule is COC(=O)C[C@]12C(=O)NCCN1[C@@H](c1ccccc1)[C@@H]1C(=O)N(c3ccccc3C)C(=O)[C@H]12. The lowest BCUT2D eigenvalue weighted by Crippen LogP contribution is -2.67. The number of esters is 1. The highest BCUT2D eigenvalue weighted by Crippen LogP contribution is 2.57. The molecule has 170 valence electrons. The standard InChI is InChI=1S/C25H25N3O5/c1-15-8-6-7-11-17(15)28-22(30)19-20(23(28)31)25(14-18(29)33-2)24(32)26-12-13-27(25)21(19)16-9-4-3-5-10-16/h3-11,19-21H,12-14H2,1-2H3,(H,26,32)/t19-,20+,21+,25+/m1/s1. The Kier molecular flexibility index (Phi) is 5.05. The fourth-order valence-corrected chi connectivity index (χ4v) is 5.86. The van der Waals surface area contributed by atoms with E-state index in [9.17, 15) is 19.2 Å². The molecule has 33 heavy (non-hydrogen) atoms. The Morgan fingerprint density at radius 1 is 1.06 bits per heavy atom. The van der Waals surface area contributed by atoms with Gasteiger partial charge in [-0.2, -0.15) is 0 Å². The Balaban J connectivity index is 1.72. The summed E-state index contributed by atoms with van der Waals surface area (Å²) in [6.45, 7) is 2.62. The van der Waals surface area contributed by atoms with E-state index in [1.165, 1.54) is 12.0 Å². The molecular formula is C25H25N3O5. The van der Waals surface area contributed by atoms with Crippen molar-refractivity contribution in [1.82, 2.24) is 10.2 Å². The van der Waals surface area contributed by atoms with Gasteiger partial charge in [-0.05, 0) is 24.1 Å².